The van der Waals surface area contributed by atoms with Crippen molar-refractivity contribution in [3.63, 3.8) is 0 Å². The molecule has 0 saturated carbocycles. The molecule has 0 fully saturated rings. The first kappa shape index (κ1) is 18.0. The van der Waals surface area contributed by atoms with E-state index in [2.05, 4.69) is 41.7 Å². The van der Waals surface area contributed by atoms with Gasteiger partial charge < -0.3 is 9.88 Å². The standard InChI is InChI=1S/C21H23FN4S/c1-13(2)14(3)24-18-12-16(8-9-23-18)20-19(15-4-6-17(22)7-5-15)25-21-26(20)10-11-27-21/h4-9,12-14H,10-11H2,1-3H3,(H,23,24). The van der Waals surface area contributed by atoms with Crippen molar-refractivity contribution >= 4 is 17.6 Å². The Morgan fingerprint density at radius 2 is 1.89 bits per heavy atom. The van der Waals surface area contributed by atoms with Gasteiger partial charge in [-0.3, -0.25) is 0 Å². The third kappa shape index (κ3) is 3.58. The number of halogens is 1. The quantitative estimate of drug-likeness (QED) is 0.649. The average molecular weight is 383 g/mol. The van der Waals surface area contributed by atoms with Crippen LogP contribution >= 0.6 is 11.8 Å². The number of thioether (sulfide) groups is 1. The molecule has 1 atom stereocenters. The third-order valence-corrected chi connectivity index (χ3v) is 5.96. The lowest BCUT2D eigenvalue weighted by Crippen LogP contribution is -2.22. The SMILES string of the molecule is CC(C)C(C)Nc1cc(-c2c(-c3ccc(F)cc3)nc3n2CCS3)ccn1. The zero-order valence-electron chi connectivity index (χ0n) is 15.7. The van der Waals surface area contributed by atoms with E-state index in [-0.39, 0.29) is 5.82 Å². The fourth-order valence-electron chi connectivity index (χ4n) is 3.14. The fourth-order valence-corrected chi connectivity index (χ4v) is 4.09. The number of pyridine rings is 1. The lowest BCUT2D eigenvalue weighted by molar-refractivity contribution is 0.558. The third-order valence-electron chi connectivity index (χ3n) is 5.01. The second-order valence-corrected chi connectivity index (χ2v) is 8.27. The molecule has 1 unspecified atom stereocenters. The molecule has 0 aliphatic carbocycles. The van der Waals surface area contributed by atoms with Crippen molar-refractivity contribution in [1.82, 2.24) is 14.5 Å². The van der Waals surface area contributed by atoms with Gasteiger partial charge in [-0.05, 0) is 49.2 Å². The van der Waals surface area contributed by atoms with E-state index in [1.54, 1.807) is 23.9 Å². The van der Waals surface area contributed by atoms with E-state index in [1.165, 1.54) is 12.1 Å². The van der Waals surface area contributed by atoms with Crippen molar-refractivity contribution < 1.29 is 4.39 Å². The second-order valence-electron chi connectivity index (χ2n) is 7.21. The van der Waals surface area contributed by atoms with E-state index in [0.717, 1.165) is 45.8 Å². The fraction of sp³-hybridized carbons (Fsp3) is 0.333. The molecule has 0 saturated heterocycles. The largest absolute Gasteiger partial charge is 0.367 e. The van der Waals surface area contributed by atoms with Gasteiger partial charge in [-0.15, -0.1) is 0 Å². The molecule has 1 aromatic carbocycles. The number of aromatic nitrogens is 3. The Morgan fingerprint density at radius 3 is 2.63 bits per heavy atom. The number of rotatable bonds is 5. The summed E-state index contributed by atoms with van der Waals surface area (Å²) in [4.78, 5) is 9.33. The molecule has 0 amide bonds. The van der Waals surface area contributed by atoms with Crippen LogP contribution in [0.2, 0.25) is 0 Å². The van der Waals surface area contributed by atoms with Gasteiger partial charge in [-0.25, -0.2) is 14.4 Å². The Labute approximate surface area is 163 Å². The molecule has 2 aromatic heterocycles. The first-order chi connectivity index (χ1) is 13.0. The van der Waals surface area contributed by atoms with Gasteiger partial charge >= 0.3 is 0 Å². The van der Waals surface area contributed by atoms with Gasteiger partial charge in [0.1, 0.15) is 11.6 Å². The van der Waals surface area contributed by atoms with Crippen molar-refractivity contribution in [2.45, 2.75) is 38.5 Å². The number of nitrogens with zero attached hydrogens (tertiary/aromatic N) is 3. The van der Waals surface area contributed by atoms with Crippen molar-refractivity contribution in [3.05, 3.63) is 48.4 Å². The molecule has 4 rings (SSSR count). The van der Waals surface area contributed by atoms with E-state index in [4.69, 9.17) is 4.98 Å². The summed E-state index contributed by atoms with van der Waals surface area (Å²) in [5.41, 5.74) is 3.97. The summed E-state index contributed by atoms with van der Waals surface area (Å²) in [6, 6.07) is 11.0. The van der Waals surface area contributed by atoms with Crippen LogP contribution in [-0.4, -0.2) is 26.3 Å². The molecule has 1 N–H and O–H groups in total. The summed E-state index contributed by atoms with van der Waals surface area (Å²) in [5.74, 6) is 2.17. The summed E-state index contributed by atoms with van der Waals surface area (Å²) < 4.78 is 15.6. The Morgan fingerprint density at radius 1 is 1.11 bits per heavy atom. The molecule has 0 radical (unpaired) electrons. The molecule has 27 heavy (non-hydrogen) atoms. The van der Waals surface area contributed by atoms with Crippen molar-refractivity contribution in [3.8, 4) is 22.5 Å². The molecule has 6 heteroatoms. The van der Waals surface area contributed by atoms with Crippen LogP contribution in [0.1, 0.15) is 20.8 Å². The molecule has 1 aliphatic rings. The topological polar surface area (TPSA) is 42.7 Å². The van der Waals surface area contributed by atoms with Gasteiger partial charge in [-0.1, -0.05) is 25.6 Å². The number of nitrogens with one attached hydrogen (secondary N) is 1. The van der Waals surface area contributed by atoms with Crippen LogP contribution in [0.5, 0.6) is 0 Å². The van der Waals surface area contributed by atoms with Crippen LogP contribution in [0.3, 0.4) is 0 Å². The maximum atomic E-state index is 13.4. The minimum absolute atomic E-state index is 0.237. The number of hydrogen-bond acceptors (Lipinski definition) is 4. The minimum Gasteiger partial charge on any atom is -0.367 e. The predicted molar refractivity (Wildman–Crippen MR) is 109 cm³/mol. The summed E-state index contributed by atoms with van der Waals surface area (Å²) in [5, 5.41) is 4.50. The number of anilines is 1. The van der Waals surface area contributed by atoms with E-state index in [0.29, 0.717) is 12.0 Å². The van der Waals surface area contributed by atoms with Gasteiger partial charge in [0.2, 0.25) is 0 Å². The van der Waals surface area contributed by atoms with Gasteiger partial charge in [0, 0.05) is 35.7 Å². The maximum absolute atomic E-state index is 13.4. The molecular formula is C21H23FN4S. The van der Waals surface area contributed by atoms with E-state index < -0.39 is 0 Å². The van der Waals surface area contributed by atoms with Crippen LogP contribution in [0.15, 0.2) is 47.8 Å². The number of imidazole rings is 1. The number of fused-ring (bicyclic) bond motifs is 1. The summed E-state index contributed by atoms with van der Waals surface area (Å²) >= 11 is 1.76. The number of hydrogen-bond donors (Lipinski definition) is 1. The highest BCUT2D eigenvalue weighted by Gasteiger charge is 2.24. The van der Waals surface area contributed by atoms with Crippen molar-refractivity contribution in [2.75, 3.05) is 11.1 Å². The Bertz CT molecular complexity index is 949. The maximum Gasteiger partial charge on any atom is 0.169 e. The highest BCUT2D eigenvalue weighted by atomic mass is 32.2. The van der Waals surface area contributed by atoms with Gasteiger partial charge in [0.15, 0.2) is 5.16 Å². The zero-order valence-corrected chi connectivity index (χ0v) is 16.6. The molecule has 1 aliphatic heterocycles. The van der Waals surface area contributed by atoms with Gasteiger partial charge in [0.25, 0.3) is 0 Å². The van der Waals surface area contributed by atoms with E-state index >= 15 is 0 Å². The Balaban J connectivity index is 1.78. The monoisotopic (exact) mass is 382 g/mol. The summed E-state index contributed by atoms with van der Waals surface area (Å²) in [7, 11) is 0. The smallest absolute Gasteiger partial charge is 0.169 e. The van der Waals surface area contributed by atoms with Crippen LogP contribution in [0, 0.1) is 11.7 Å². The van der Waals surface area contributed by atoms with Crippen LogP contribution < -0.4 is 5.32 Å². The van der Waals surface area contributed by atoms with Gasteiger partial charge in [0.05, 0.1) is 11.4 Å². The van der Waals surface area contributed by atoms with Crippen LogP contribution in [0.4, 0.5) is 10.2 Å². The highest BCUT2D eigenvalue weighted by Crippen LogP contribution is 2.39. The highest BCUT2D eigenvalue weighted by molar-refractivity contribution is 7.99. The lowest BCUT2D eigenvalue weighted by atomic mass is 10.0. The molecule has 0 spiro atoms. The van der Waals surface area contributed by atoms with Crippen LogP contribution in [0.25, 0.3) is 22.5 Å². The first-order valence-corrected chi connectivity index (χ1v) is 10.2. The normalized spacial score (nSPS) is 14.4. The predicted octanol–water partition coefficient (Wildman–Crippen LogP) is 5.31. The Kier molecular flexibility index (Phi) is 4.91. The van der Waals surface area contributed by atoms with E-state index in [1.807, 2.05) is 12.3 Å². The summed E-state index contributed by atoms with van der Waals surface area (Å²) in [6.07, 6.45) is 1.83. The molecule has 3 heterocycles. The van der Waals surface area contributed by atoms with Gasteiger partial charge in [-0.2, -0.15) is 0 Å². The van der Waals surface area contributed by atoms with Crippen molar-refractivity contribution in [1.29, 1.82) is 0 Å². The number of benzene rings is 1. The first-order valence-electron chi connectivity index (χ1n) is 9.25. The average Bonchev–Trinajstić information content (AvgIpc) is 3.23. The molecule has 3 aromatic rings. The van der Waals surface area contributed by atoms with Crippen molar-refractivity contribution in [2.24, 2.45) is 5.92 Å². The Hall–Kier alpha value is -2.34. The molecule has 4 nitrogen and oxygen atoms in total. The summed E-state index contributed by atoms with van der Waals surface area (Å²) in [6.45, 7) is 7.47. The lowest BCUT2D eigenvalue weighted by Gasteiger charge is -2.18. The molecular weight excluding hydrogens is 359 g/mol. The second kappa shape index (κ2) is 7.35. The van der Waals surface area contributed by atoms with Crippen LogP contribution in [-0.2, 0) is 6.54 Å². The zero-order chi connectivity index (χ0) is 19.0. The molecule has 140 valence electrons. The van der Waals surface area contributed by atoms with E-state index in [9.17, 15) is 4.39 Å². The minimum atomic E-state index is -0.237. The molecule has 0 bridgehead atoms.